The number of H-pyrrole nitrogens is 1. The Hall–Kier alpha value is -4.12. The molecule has 0 aliphatic carbocycles. The van der Waals surface area contributed by atoms with Gasteiger partial charge in [-0.25, -0.2) is 0 Å². The summed E-state index contributed by atoms with van der Waals surface area (Å²) in [6.07, 6.45) is -3.28. The third kappa shape index (κ3) is 4.30. The van der Waals surface area contributed by atoms with Crippen molar-refractivity contribution >= 4 is 0 Å². The van der Waals surface area contributed by atoms with Crippen LogP contribution in [0.4, 0.5) is 13.2 Å². The van der Waals surface area contributed by atoms with Gasteiger partial charge in [0.15, 0.2) is 0 Å². The topological polar surface area (TPSA) is 74.5 Å². The van der Waals surface area contributed by atoms with Gasteiger partial charge in [-0.05, 0) is 48.7 Å². The Morgan fingerprint density at radius 1 is 1.06 bits per heavy atom. The number of aromatic amines is 1. The second-order valence-electron chi connectivity index (χ2n) is 7.80. The van der Waals surface area contributed by atoms with Crippen LogP contribution in [0.3, 0.4) is 0 Å². The van der Waals surface area contributed by atoms with Gasteiger partial charge in [0.2, 0.25) is 0 Å². The highest BCUT2D eigenvalue weighted by molar-refractivity contribution is 5.70. The molecule has 166 valence electrons. The van der Waals surface area contributed by atoms with Crippen molar-refractivity contribution in [3.63, 3.8) is 0 Å². The van der Waals surface area contributed by atoms with E-state index in [-0.39, 0.29) is 12.2 Å². The summed E-state index contributed by atoms with van der Waals surface area (Å²) in [6.45, 7) is 3.84. The quantitative estimate of drug-likeness (QED) is 0.450. The summed E-state index contributed by atoms with van der Waals surface area (Å²) in [4.78, 5) is 13.2. The molecule has 0 radical (unpaired) electrons. The predicted molar refractivity (Wildman–Crippen MR) is 118 cm³/mol. The molecule has 0 bridgehead atoms. The summed E-state index contributed by atoms with van der Waals surface area (Å²) in [5.74, 6) is 0. The van der Waals surface area contributed by atoms with E-state index in [9.17, 15) is 23.2 Å². The maximum Gasteiger partial charge on any atom is 0.417 e. The largest absolute Gasteiger partial charge is 0.417 e. The standard InChI is InChI=1S/C25H19F3N4O/c1-15-6-7-19(16(2)10-15)14-32-23(12-21(25(26,27)28)20(13-29)24(32)33)18-5-3-4-17(11-18)22-8-9-30-31-22/h3-12H,14H2,1-2H3,(H,30,31). The average molecular weight is 448 g/mol. The molecule has 2 aromatic heterocycles. The molecule has 0 aliphatic rings. The molecule has 2 heterocycles. The summed E-state index contributed by atoms with van der Waals surface area (Å²) < 4.78 is 42.5. The SMILES string of the molecule is Cc1ccc(Cn2c(-c3cccc(-c4ccn[nH]4)c3)cc(C(F)(F)F)c(C#N)c2=O)c(C)c1. The van der Waals surface area contributed by atoms with E-state index in [1.165, 1.54) is 10.6 Å². The van der Waals surface area contributed by atoms with E-state index in [1.807, 2.05) is 32.0 Å². The highest BCUT2D eigenvalue weighted by Crippen LogP contribution is 2.34. The number of benzene rings is 2. The smallest absolute Gasteiger partial charge is 0.303 e. The van der Waals surface area contributed by atoms with Crippen molar-refractivity contribution in [2.75, 3.05) is 0 Å². The van der Waals surface area contributed by atoms with Gasteiger partial charge in [-0.2, -0.15) is 23.5 Å². The molecular weight excluding hydrogens is 429 g/mol. The van der Waals surface area contributed by atoms with E-state index in [1.54, 1.807) is 36.5 Å². The number of nitrogens with zero attached hydrogens (tertiary/aromatic N) is 3. The molecule has 0 spiro atoms. The molecule has 4 rings (SSSR count). The minimum absolute atomic E-state index is 0.0291. The maximum atomic E-state index is 13.8. The van der Waals surface area contributed by atoms with Crippen molar-refractivity contribution in [3.8, 4) is 28.6 Å². The Bertz CT molecular complexity index is 1430. The molecule has 8 heteroatoms. The average Bonchev–Trinajstić information content (AvgIpc) is 3.31. The van der Waals surface area contributed by atoms with Gasteiger partial charge in [0.1, 0.15) is 11.6 Å². The zero-order valence-corrected chi connectivity index (χ0v) is 17.9. The molecule has 4 aromatic rings. The van der Waals surface area contributed by atoms with Crippen LogP contribution in [-0.2, 0) is 12.7 Å². The molecule has 2 aromatic carbocycles. The maximum absolute atomic E-state index is 13.8. The third-order valence-electron chi connectivity index (χ3n) is 5.51. The molecule has 0 amide bonds. The Labute approximate surface area is 187 Å². The van der Waals surface area contributed by atoms with Crippen LogP contribution in [0, 0.1) is 25.2 Å². The summed E-state index contributed by atoms with van der Waals surface area (Å²) >= 11 is 0. The monoisotopic (exact) mass is 448 g/mol. The molecule has 1 N–H and O–H groups in total. The lowest BCUT2D eigenvalue weighted by molar-refractivity contribution is -0.137. The van der Waals surface area contributed by atoms with Crippen molar-refractivity contribution in [1.29, 1.82) is 5.26 Å². The summed E-state index contributed by atoms with van der Waals surface area (Å²) in [5, 5.41) is 16.1. The fourth-order valence-electron chi connectivity index (χ4n) is 3.83. The van der Waals surface area contributed by atoms with Crippen LogP contribution in [0.15, 0.2) is 65.6 Å². The van der Waals surface area contributed by atoms with Crippen molar-refractivity contribution < 1.29 is 13.2 Å². The molecule has 0 aliphatic heterocycles. The summed E-state index contributed by atoms with van der Waals surface area (Å²) in [5.41, 5.74) is 1.45. The number of hydrogen-bond acceptors (Lipinski definition) is 3. The normalized spacial score (nSPS) is 11.4. The van der Waals surface area contributed by atoms with E-state index in [0.29, 0.717) is 16.8 Å². The van der Waals surface area contributed by atoms with E-state index < -0.39 is 22.9 Å². The highest BCUT2D eigenvalue weighted by Gasteiger charge is 2.36. The van der Waals surface area contributed by atoms with Crippen LogP contribution in [0.5, 0.6) is 0 Å². The Kier molecular flexibility index (Phi) is 5.64. The highest BCUT2D eigenvalue weighted by atomic mass is 19.4. The number of rotatable bonds is 4. The Morgan fingerprint density at radius 2 is 1.82 bits per heavy atom. The van der Waals surface area contributed by atoms with Gasteiger partial charge in [0.05, 0.1) is 23.5 Å². The lowest BCUT2D eigenvalue weighted by Crippen LogP contribution is -2.29. The van der Waals surface area contributed by atoms with Crippen LogP contribution in [0.2, 0.25) is 0 Å². The number of aryl methyl sites for hydroxylation is 2. The zero-order valence-electron chi connectivity index (χ0n) is 17.9. The van der Waals surface area contributed by atoms with Gasteiger partial charge >= 0.3 is 6.18 Å². The van der Waals surface area contributed by atoms with E-state index >= 15 is 0 Å². The molecule has 0 saturated carbocycles. The Morgan fingerprint density at radius 3 is 2.45 bits per heavy atom. The lowest BCUT2D eigenvalue weighted by atomic mass is 10.0. The predicted octanol–water partition coefficient (Wildman–Crippen LogP) is 5.46. The van der Waals surface area contributed by atoms with Gasteiger partial charge < -0.3 is 4.57 Å². The second kappa shape index (κ2) is 8.43. The van der Waals surface area contributed by atoms with Gasteiger partial charge in [-0.15, -0.1) is 0 Å². The van der Waals surface area contributed by atoms with Crippen LogP contribution in [0.25, 0.3) is 22.5 Å². The fraction of sp³-hybridized carbons (Fsp3) is 0.160. The van der Waals surface area contributed by atoms with Crippen molar-refractivity contribution in [2.24, 2.45) is 0 Å². The summed E-state index contributed by atoms with van der Waals surface area (Å²) in [6, 6.07) is 16.6. The van der Waals surface area contributed by atoms with Crippen molar-refractivity contribution in [3.05, 3.63) is 99.0 Å². The van der Waals surface area contributed by atoms with Gasteiger partial charge in [0.25, 0.3) is 5.56 Å². The van der Waals surface area contributed by atoms with Crippen LogP contribution in [-0.4, -0.2) is 14.8 Å². The number of nitriles is 1. The lowest BCUT2D eigenvalue weighted by Gasteiger charge is -2.19. The number of alkyl halides is 3. The number of hydrogen-bond donors (Lipinski definition) is 1. The first kappa shape index (κ1) is 22.1. The fourth-order valence-corrected chi connectivity index (χ4v) is 3.83. The van der Waals surface area contributed by atoms with Crippen molar-refractivity contribution in [1.82, 2.24) is 14.8 Å². The molecular formula is C25H19F3N4O. The number of pyridine rings is 1. The molecule has 0 atom stereocenters. The van der Waals surface area contributed by atoms with Crippen molar-refractivity contribution in [2.45, 2.75) is 26.6 Å². The minimum atomic E-state index is -4.85. The number of aromatic nitrogens is 3. The molecule has 33 heavy (non-hydrogen) atoms. The van der Waals surface area contributed by atoms with Gasteiger partial charge in [-0.3, -0.25) is 9.89 Å². The number of nitrogens with one attached hydrogen (secondary N) is 1. The number of halogens is 3. The molecule has 0 saturated heterocycles. The first-order valence-electron chi connectivity index (χ1n) is 10.1. The Balaban J connectivity index is 1.98. The molecule has 5 nitrogen and oxygen atoms in total. The molecule has 0 unspecified atom stereocenters. The van der Waals surface area contributed by atoms with E-state index in [0.717, 1.165) is 22.8 Å². The van der Waals surface area contributed by atoms with E-state index in [4.69, 9.17) is 0 Å². The van der Waals surface area contributed by atoms with Crippen LogP contribution in [0.1, 0.15) is 27.8 Å². The minimum Gasteiger partial charge on any atom is -0.303 e. The van der Waals surface area contributed by atoms with Gasteiger partial charge in [0, 0.05) is 11.8 Å². The molecule has 0 fully saturated rings. The third-order valence-corrected chi connectivity index (χ3v) is 5.51. The van der Waals surface area contributed by atoms with E-state index in [2.05, 4.69) is 10.2 Å². The second-order valence-corrected chi connectivity index (χ2v) is 7.80. The van der Waals surface area contributed by atoms with Crippen LogP contribution < -0.4 is 5.56 Å². The zero-order chi connectivity index (χ0) is 23.8. The first-order valence-corrected chi connectivity index (χ1v) is 10.1. The summed E-state index contributed by atoms with van der Waals surface area (Å²) in [7, 11) is 0. The van der Waals surface area contributed by atoms with Gasteiger partial charge in [-0.1, -0.05) is 42.0 Å². The first-order chi connectivity index (χ1) is 15.7. The van der Waals surface area contributed by atoms with Crippen LogP contribution >= 0.6 is 0 Å².